The van der Waals surface area contributed by atoms with Gasteiger partial charge in [-0.05, 0) is 36.2 Å². The van der Waals surface area contributed by atoms with Crippen molar-refractivity contribution in [2.75, 3.05) is 26.5 Å². The van der Waals surface area contributed by atoms with Gasteiger partial charge in [0.2, 0.25) is 10.0 Å². The number of methoxy groups -OCH3 is 1. The lowest BCUT2D eigenvalue weighted by Gasteiger charge is -2.19. The van der Waals surface area contributed by atoms with Crippen LogP contribution in [0, 0.1) is 0 Å². The summed E-state index contributed by atoms with van der Waals surface area (Å²) in [7, 11) is -1.73. The molecule has 0 spiro atoms. The number of sulfonamides is 1. The molecule has 2 aromatic carbocycles. The molecule has 0 saturated heterocycles. The third kappa shape index (κ3) is 4.43. The maximum atomic E-state index is 11.7. The molecule has 2 N–H and O–H groups in total. The van der Waals surface area contributed by atoms with Crippen LogP contribution in [0.1, 0.15) is 24.0 Å². The summed E-state index contributed by atoms with van der Waals surface area (Å²) in [5.74, 6) is 1.11. The smallest absolute Gasteiger partial charge is 0.208 e. The Morgan fingerprint density at radius 1 is 1.15 bits per heavy atom. The highest BCUT2D eigenvalue weighted by atomic mass is 32.2. The molecule has 0 aliphatic carbocycles. The average Bonchev–Trinajstić information content (AvgIpc) is 3.06. The van der Waals surface area contributed by atoms with Crippen molar-refractivity contribution >= 4 is 20.9 Å². The number of benzene rings is 2. The summed E-state index contributed by atoms with van der Waals surface area (Å²) in [4.78, 5) is 3.26. The Hall–Kier alpha value is -2.51. The van der Waals surface area contributed by atoms with Crippen molar-refractivity contribution in [3.05, 3.63) is 59.8 Å². The van der Waals surface area contributed by atoms with Crippen LogP contribution in [0.5, 0.6) is 11.5 Å². The zero-order chi connectivity index (χ0) is 19.4. The minimum absolute atomic E-state index is 0.180. The third-order valence-corrected chi connectivity index (χ3v) is 5.13. The number of rotatable bonds is 8. The molecule has 1 aromatic heterocycles. The summed E-state index contributed by atoms with van der Waals surface area (Å²) in [6.45, 7) is 2.70. The van der Waals surface area contributed by atoms with Gasteiger partial charge in [0.25, 0.3) is 0 Å². The highest BCUT2D eigenvalue weighted by molar-refractivity contribution is 7.88. The van der Waals surface area contributed by atoms with Gasteiger partial charge in [0, 0.05) is 29.6 Å². The molecule has 1 unspecified atom stereocenters. The van der Waals surface area contributed by atoms with Crippen LogP contribution in [0.4, 0.5) is 0 Å². The molecule has 0 saturated carbocycles. The van der Waals surface area contributed by atoms with Gasteiger partial charge in [-0.3, -0.25) is 0 Å². The van der Waals surface area contributed by atoms with Crippen molar-refractivity contribution in [1.29, 1.82) is 0 Å². The second-order valence-corrected chi connectivity index (χ2v) is 8.14. The molecule has 0 amide bonds. The Kier molecular flexibility index (Phi) is 5.72. The predicted molar refractivity (Wildman–Crippen MR) is 107 cm³/mol. The lowest BCUT2D eigenvalue weighted by Crippen LogP contribution is -2.27. The van der Waals surface area contributed by atoms with Crippen LogP contribution in [-0.4, -0.2) is 39.9 Å². The zero-order valence-corrected chi connectivity index (χ0v) is 16.5. The summed E-state index contributed by atoms with van der Waals surface area (Å²) in [6, 6.07) is 13.7. The van der Waals surface area contributed by atoms with E-state index in [-0.39, 0.29) is 12.5 Å². The molecule has 1 atom stereocenters. The average molecular weight is 388 g/mol. The molecule has 144 valence electrons. The van der Waals surface area contributed by atoms with E-state index in [0.717, 1.165) is 28.3 Å². The first-order chi connectivity index (χ1) is 12.9. The maximum Gasteiger partial charge on any atom is 0.208 e. The molecule has 3 rings (SSSR count). The molecule has 7 heteroatoms. The number of para-hydroxylation sites is 1. The molecule has 0 bridgehead atoms. The first kappa shape index (κ1) is 19.3. The van der Waals surface area contributed by atoms with Crippen molar-refractivity contribution in [2.45, 2.75) is 12.8 Å². The molecular weight excluding hydrogens is 364 g/mol. The highest BCUT2D eigenvalue weighted by Gasteiger charge is 2.21. The van der Waals surface area contributed by atoms with Crippen molar-refractivity contribution in [2.24, 2.45) is 0 Å². The van der Waals surface area contributed by atoms with E-state index in [1.54, 1.807) is 7.11 Å². The first-order valence-corrected chi connectivity index (χ1v) is 10.6. The minimum atomic E-state index is -3.32. The van der Waals surface area contributed by atoms with E-state index in [2.05, 4.69) is 9.71 Å². The van der Waals surface area contributed by atoms with Crippen LogP contribution >= 0.6 is 0 Å². The van der Waals surface area contributed by atoms with Crippen molar-refractivity contribution in [3.8, 4) is 11.5 Å². The number of ether oxygens (including phenoxy) is 2. The maximum absolute atomic E-state index is 11.7. The Morgan fingerprint density at radius 3 is 2.63 bits per heavy atom. The fourth-order valence-electron chi connectivity index (χ4n) is 3.20. The number of H-pyrrole nitrogens is 1. The second-order valence-electron chi connectivity index (χ2n) is 6.31. The molecule has 0 aliphatic rings. The van der Waals surface area contributed by atoms with Crippen molar-refractivity contribution < 1.29 is 17.9 Å². The Bertz CT molecular complexity index is 1030. The van der Waals surface area contributed by atoms with Crippen LogP contribution in [0.15, 0.2) is 48.7 Å². The Morgan fingerprint density at radius 2 is 1.93 bits per heavy atom. The van der Waals surface area contributed by atoms with E-state index >= 15 is 0 Å². The lowest BCUT2D eigenvalue weighted by molar-refractivity contribution is 0.310. The number of hydrogen-bond acceptors (Lipinski definition) is 4. The third-order valence-electron chi connectivity index (χ3n) is 4.44. The standard InChI is InChI=1S/C20H24N2O4S/c1-4-26-19-10-9-14(11-20(19)25-2)16(13-22-27(3,23)24)17-12-21-18-8-6-5-7-15(17)18/h5-12,16,21-22H,4,13H2,1-3H3. The fraction of sp³-hybridized carbons (Fsp3) is 0.300. The molecular formula is C20H24N2O4S. The quantitative estimate of drug-likeness (QED) is 0.621. The van der Waals surface area contributed by atoms with Gasteiger partial charge in [-0.15, -0.1) is 0 Å². The molecule has 6 nitrogen and oxygen atoms in total. The predicted octanol–water partition coefficient (Wildman–Crippen LogP) is 3.26. The molecule has 1 heterocycles. The summed E-state index contributed by atoms with van der Waals surface area (Å²) in [5.41, 5.74) is 2.97. The molecule has 0 aliphatic heterocycles. The lowest BCUT2D eigenvalue weighted by atomic mass is 9.91. The SMILES string of the molecule is CCOc1ccc(C(CNS(C)(=O)=O)c2c[nH]c3ccccc23)cc1OC. The number of aromatic nitrogens is 1. The number of nitrogens with one attached hydrogen (secondary N) is 2. The normalized spacial score (nSPS) is 12.9. The Labute approximate surface area is 159 Å². The van der Waals surface area contributed by atoms with E-state index in [1.165, 1.54) is 0 Å². The molecule has 0 radical (unpaired) electrons. The molecule has 0 fully saturated rings. The van der Waals surface area contributed by atoms with Crippen LogP contribution in [0.3, 0.4) is 0 Å². The number of hydrogen-bond donors (Lipinski definition) is 2. The Balaban J connectivity index is 2.07. The van der Waals surface area contributed by atoms with E-state index in [1.807, 2.05) is 55.6 Å². The monoisotopic (exact) mass is 388 g/mol. The topological polar surface area (TPSA) is 80.4 Å². The van der Waals surface area contributed by atoms with Gasteiger partial charge < -0.3 is 14.5 Å². The van der Waals surface area contributed by atoms with E-state index in [4.69, 9.17) is 9.47 Å². The van der Waals surface area contributed by atoms with Gasteiger partial charge in [-0.25, -0.2) is 13.1 Å². The summed E-state index contributed by atoms with van der Waals surface area (Å²) in [6.07, 6.45) is 3.10. The number of fused-ring (bicyclic) bond motifs is 1. The van der Waals surface area contributed by atoms with Gasteiger partial charge >= 0.3 is 0 Å². The minimum Gasteiger partial charge on any atom is -0.493 e. The van der Waals surface area contributed by atoms with Crippen LogP contribution < -0.4 is 14.2 Å². The van der Waals surface area contributed by atoms with Crippen LogP contribution in [-0.2, 0) is 10.0 Å². The zero-order valence-electron chi connectivity index (χ0n) is 15.7. The second kappa shape index (κ2) is 8.02. The summed E-state index contributed by atoms with van der Waals surface area (Å²) in [5, 5.41) is 1.06. The van der Waals surface area contributed by atoms with Crippen LogP contribution in [0.25, 0.3) is 10.9 Å². The van der Waals surface area contributed by atoms with Gasteiger partial charge in [-0.1, -0.05) is 24.3 Å². The van der Waals surface area contributed by atoms with E-state index < -0.39 is 10.0 Å². The largest absolute Gasteiger partial charge is 0.493 e. The van der Waals surface area contributed by atoms with E-state index in [0.29, 0.717) is 18.1 Å². The van der Waals surface area contributed by atoms with Gasteiger partial charge in [0.05, 0.1) is 20.0 Å². The van der Waals surface area contributed by atoms with Gasteiger partial charge in [0.15, 0.2) is 11.5 Å². The van der Waals surface area contributed by atoms with Gasteiger partial charge in [-0.2, -0.15) is 0 Å². The number of aromatic amines is 1. The fourth-order valence-corrected chi connectivity index (χ4v) is 3.67. The van der Waals surface area contributed by atoms with Gasteiger partial charge in [0.1, 0.15) is 0 Å². The van der Waals surface area contributed by atoms with Crippen molar-refractivity contribution in [3.63, 3.8) is 0 Å². The molecule has 27 heavy (non-hydrogen) atoms. The van der Waals surface area contributed by atoms with E-state index in [9.17, 15) is 8.42 Å². The van der Waals surface area contributed by atoms with Crippen LogP contribution in [0.2, 0.25) is 0 Å². The first-order valence-electron chi connectivity index (χ1n) is 8.74. The highest BCUT2D eigenvalue weighted by Crippen LogP contribution is 2.35. The summed E-state index contributed by atoms with van der Waals surface area (Å²) < 4.78 is 37.1. The molecule has 3 aromatic rings. The van der Waals surface area contributed by atoms with Crippen molar-refractivity contribution in [1.82, 2.24) is 9.71 Å². The summed E-state index contributed by atoms with van der Waals surface area (Å²) >= 11 is 0.